The Bertz CT molecular complexity index is 849. The molecule has 2 heteroatoms. The van der Waals surface area contributed by atoms with Crippen LogP contribution in [0.25, 0.3) is 10.8 Å². The Hall–Kier alpha value is -2.45. The molecule has 0 aliphatic carbocycles. The summed E-state index contributed by atoms with van der Waals surface area (Å²) in [5.41, 5.74) is 2.22. The zero-order valence-electron chi connectivity index (χ0n) is 13.9. The molecule has 3 rings (SSSR count). The highest BCUT2D eigenvalue weighted by molar-refractivity contribution is 7.80. The number of para-hydroxylation sites is 1. The average molecular weight is 331 g/mol. The van der Waals surface area contributed by atoms with Gasteiger partial charge in [-0.15, -0.1) is 6.58 Å². The van der Waals surface area contributed by atoms with Crippen LogP contribution in [0, 0.1) is 5.92 Å². The van der Waals surface area contributed by atoms with Crippen molar-refractivity contribution in [3.63, 3.8) is 0 Å². The van der Waals surface area contributed by atoms with Crippen molar-refractivity contribution in [1.29, 1.82) is 0 Å². The zero-order chi connectivity index (χ0) is 16.9. The highest BCUT2D eigenvalue weighted by Crippen LogP contribution is 2.34. The number of allylic oxidation sites excluding steroid dienone is 1. The van der Waals surface area contributed by atoms with Gasteiger partial charge in [0.05, 0.1) is 10.7 Å². The Balaban J connectivity index is 2.17. The van der Waals surface area contributed by atoms with E-state index in [1.807, 2.05) is 24.3 Å². The van der Waals surface area contributed by atoms with E-state index in [0.29, 0.717) is 0 Å². The monoisotopic (exact) mass is 331 g/mol. The summed E-state index contributed by atoms with van der Waals surface area (Å²) in [7, 11) is 0. The Labute approximate surface area is 149 Å². The second kappa shape index (κ2) is 7.41. The van der Waals surface area contributed by atoms with Gasteiger partial charge in [-0.2, -0.15) is 0 Å². The van der Waals surface area contributed by atoms with Gasteiger partial charge in [-0.05, 0) is 30.0 Å². The van der Waals surface area contributed by atoms with Crippen LogP contribution in [0.3, 0.4) is 0 Å². The second-order valence-corrected chi connectivity index (χ2v) is 6.35. The predicted octanol–water partition coefficient (Wildman–Crippen LogP) is 6.52. The van der Waals surface area contributed by atoms with E-state index < -0.39 is 0 Å². The zero-order valence-corrected chi connectivity index (χ0v) is 14.7. The first kappa shape index (κ1) is 16.4. The lowest BCUT2D eigenvalue weighted by molar-refractivity contribution is 0.793. The van der Waals surface area contributed by atoms with Crippen molar-refractivity contribution in [3.05, 3.63) is 85.5 Å². The number of rotatable bonds is 5. The van der Waals surface area contributed by atoms with Crippen molar-refractivity contribution in [3.8, 4) is 0 Å². The quantitative estimate of drug-likeness (QED) is 0.387. The molecule has 1 nitrogen and oxygen atoms in total. The SMILES string of the molecule is C=CC[C@@H](C)C(=S)N(c1ccccc1)c1cccc2ccccc12. The Morgan fingerprint density at radius 2 is 1.67 bits per heavy atom. The van der Waals surface area contributed by atoms with Crippen molar-refractivity contribution >= 4 is 39.4 Å². The molecule has 0 amide bonds. The highest BCUT2D eigenvalue weighted by Gasteiger charge is 2.20. The van der Waals surface area contributed by atoms with E-state index in [1.54, 1.807) is 0 Å². The van der Waals surface area contributed by atoms with Gasteiger partial charge in [-0.1, -0.05) is 79.8 Å². The number of benzene rings is 3. The molecule has 0 aromatic heterocycles. The maximum absolute atomic E-state index is 5.87. The smallest absolute Gasteiger partial charge is 0.0901 e. The Morgan fingerprint density at radius 3 is 2.42 bits per heavy atom. The van der Waals surface area contributed by atoms with E-state index in [0.717, 1.165) is 22.8 Å². The molecule has 0 heterocycles. The van der Waals surface area contributed by atoms with Gasteiger partial charge in [0.15, 0.2) is 0 Å². The van der Waals surface area contributed by atoms with Gasteiger partial charge in [-0.25, -0.2) is 0 Å². The first-order valence-electron chi connectivity index (χ1n) is 8.20. The van der Waals surface area contributed by atoms with Gasteiger partial charge < -0.3 is 4.90 Å². The first-order valence-corrected chi connectivity index (χ1v) is 8.61. The van der Waals surface area contributed by atoms with Crippen LogP contribution in [-0.4, -0.2) is 4.99 Å². The summed E-state index contributed by atoms with van der Waals surface area (Å²) in [5, 5.41) is 2.42. The van der Waals surface area contributed by atoms with E-state index in [2.05, 4.69) is 73.0 Å². The summed E-state index contributed by atoms with van der Waals surface area (Å²) in [6.07, 6.45) is 2.80. The highest BCUT2D eigenvalue weighted by atomic mass is 32.1. The molecule has 120 valence electrons. The third-order valence-electron chi connectivity index (χ3n) is 4.18. The Kier molecular flexibility index (Phi) is 5.07. The number of fused-ring (bicyclic) bond motifs is 1. The number of thiocarbonyl (C=S) groups is 1. The number of anilines is 2. The molecular formula is C22H21NS. The summed E-state index contributed by atoms with van der Waals surface area (Å²) < 4.78 is 0. The Morgan fingerprint density at radius 1 is 1.00 bits per heavy atom. The van der Waals surface area contributed by atoms with E-state index >= 15 is 0 Å². The molecule has 0 spiro atoms. The van der Waals surface area contributed by atoms with E-state index in [-0.39, 0.29) is 5.92 Å². The fourth-order valence-corrected chi connectivity index (χ4v) is 3.24. The van der Waals surface area contributed by atoms with Crippen LogP contribution in [-0.2, 0) is 0 Å². The molecule has 0 aliphatic rings. The van der Waals surface area contributed by atoms with Gasteiger partial charge in [-0.3, -0.25) is 0 Å². The van der Waals surface area contributed by atoms with Gasteiger partial charge in [0, 0.05) is 17.0 Å². The van der Waals surface area contributed by atoms with Crippen LogP contribution in [0.1, 0.15) is 13.3 Å². The lowest BCUT2D eigenvalue weighted by atomic mass is 10.0. The van der Waals surface area contributed by atoms with E-state index in [9.17, 15) is 0 Å². The van der Waals surface area contributed by atoms with Crippen molar-refractivity contribution in [2.45, 2.75) is 13.3 Å². The predicted molar refractivity (Wildman–Crippen MR) is 109 cm³/mol. The third-order valence-corrected chi connectivity index (χ3v) is 4.77. The van der Waals surface area contributed by atoms with Gasteiger partial charge in [0.25, 0.3) is 0 Å². The summed E-state index contributed by atoms with van der Waals surface area (Å²) in [5.74, 6) is 0.247. The number of hydrogen-bond donors (Lipinski definition) is 0. The van der Waals surface area contributed by atoms with E-state index in [4.69, 9.17) is 12.2 Å². The molecule has 0 aliphatic heterocycles. The van der Waals surface area contributed by atoms with Gasteiger partial charge in [0.1, 0.15) is 0 Å². The standard InChI is InChI=1S/C22H21NS/c1-3-10-17(2)22(24)23(19-13-5-4-6-14-19)21-16-9-12-18-11-7-8-15-20(18)21/h3-9,11-17H,1,10H2,2H3/t17-/m1/s1. The minimum Gasteiger partial charge on any atom is -0.304 e. The van der Waals surface area contributed by atoms with Crippen molar-refractivity contribution < 1.29 is 0 Å². The lowest BCUT2D eigenvalue weighted by Crippen LogP contribution is -2.29. The van der Waals surface area contributed by atoms with Crippen LogP contribution in [0.2, 0.25) is 0 Å². The molecule has 3 aromatic rings. The summed E-state index contributed by atoms with van der Waals surface area (Å²) in [4.78, 5) is 3.11. The molecule has 3 aromatic carbocycles. The van der Waals surface area contributed by atoms with Crippen molar-refractivity contribution in [2.24, 2.45) is 5.92 Å². The minimum atomic E-state index is 0.247. The molecule has 0 saturated heterocycles. The van der Waals surface area contributed by atoms with Crippen LogP contribution in [0.5, 0.6) is 0 Å². The van der Waals surface area contributed by atoms with Crippen LogP contribution in [0.4, 0.5) is 11.4 Å². The molecule has 1 atom stereocenters. The average Bonchev–Trinajstić information content (AvgIpc) is 2.63. The van der Waals surface area contributed by atoms with Crippen LogP contribution < -0.4 is 4.90 Å². The lowest BCUT2D eigenvalue weighted by Gasteiger charge is -2.29. The molecule has 0 saturated carbocycles. The van der Waals surface area contributed by atoms with Gasteiger partial charge in [0.2, 0.25) is 0 Å². The molecule has 0 unspecified atom stereocenters. The third kappa shape index (κ3) is 3.24. The summed E-state index contributed by atoms with van der Waals surface area (Å²) >= 11 is 5.87. The molecular weight excluding hydrogens is 310 g/mol. The number of hydrogen-bond acceptors (Lipinski definition) is 1. The van der Waals surface area contributed by atoms with Crippen LogP contribution >= 0.6 is 12.2 Å². The number of nitrogens with zero attached hydrogens (tertiary/aromatic N) is 1. The summed E-state index contributed by atoms with van der Waals surface area (Å²) in [6, 6.07) is 25.1. The molecule has 0 fully saturated rings. The second-order valence-electron chi connectivity index (χ2n) is 5.93. The molecule has 0 bridgehead atoms. The van der Waals surface area contributed by atoms with Crippen molar-refractivity contribution in [1.82, 2.24) is 0 Å². The molecule has 0 N–H and O–H groups in total. The van der Waals surface area contributed by atoms with E-state index in [1.165, 1.54) is 10.8 Å². The summed E-state index contributed by atoms with van der Waals surface area (Å²) in [6.45, 7) is 6.02. The topological polar surface area (TPSA) is 3.24 Å². The first-order chi connectivity index (χ1) is 11.7. The normalized spacial score (nSPS) is 11.9. The maximum Gasteiger partial charge on any atom is 0.0901 e. The fourth-order valence-electron chi connectivity index (χ4n) is 2.94. The minimum absolute atomic E-state index is 0.247. The van der Waals surface area contributed by atoms with Crippen molar-refractivity contribution in [2.75, 3.05) is 4.90 Å². The molecule has 24 heavy (non-hydrogen) atoms. The maximum atomic E-state index is 5.87. The fraction of sp³-hybridized carbons (Fsp3) is 0.136. The van der Waals surface area contributed by atoms with Crippen LogP contribution in [0.15, 0.2) is 85.5 Å². The molecule has 0 radical (unpaired) electrons. The largest absolute Gasteiger partial charge is 0.304 e. The van der Waals surface area contributed by atoms with Gasteiger partial charge >= 0.3 is 0 Å².